The van der Waals surface area contributed by atoms with Gasteiger partial charge in [-0.1, -0.05) is 11.6 Å². The molecule has 0 aliphatic carbocycles. The molecule has 122 valence electrons. The summed E-state index contributed by atoms with van der Waals surface area (Å²) in [6.45, 7) is 1.89. The van der Waals surface area contributed by atoms with E-state index in [0.717, 1.165) is 21.1 Å². The van der Waals surface area contributed by atoms with Crippen LogP contribution in [0.1, 0.15) is 9.88 Å². The summed E-state index contributed by atoms with van der Waals surface area (Å²) in [5.74, 6) is -0.433. The number of nitrogens with one attached hydrogen (secondary N) is 1. The third kappa shape index (κ3) is 3.99. The molecular weight excluding hydrogens is 347 g/mol. The van der Waals surface area contributed by atoms with Crippen molar-refractivity contribution in [1.29, 1.82) is 0 Å². The Morgan fingerprint density at radius 1 is 1.17 bits per heavy atom. The van der Waals surface area contributed by atoms with Gasteiger partial charge in [-0.2, -0.15) is 0 Å². The Kier molecular flexibility index (Phi) is 4.92. The van der Waals surface area contributed by atoms with Crippen LogP contribution in [0.2, 0.25) is 5.02 Å². The summed E-state index contributed by atoms with van der Waals surface area (Å²) in [4.78, 5) is 17.6. The molecular formula is C18H14ClFN2OS. The number of benzene rings is 2. The SMILES string of the molecule is Cc1nc(-c2ccc(F)cc2)c(CC(=O)Nc2ccc(Cl)cc2)s1. The van der Waals surface area contributed by atoms with Crippen LogP contribution in [-0.2, 0) is 11.2 Å². The molecule has 1 N–H and O–H groups in total. The van der Waals surface area contributed by atoms with Crippen molar-refractivity contribution in [2.45, 2.75) is 13.3 Å². The first-order valence-electron chi connectivity index (χ1n) is 7.29. The first-order valence-corrected chi connectivity index (χ1v) is 8.48. The molecule has 0 bridgehead atoms. The lowest BCUT2D eigenvalue weighted by Gasteiger charge is -2.06. The van der Waals surface area contributed by atoms with Gasteiger partial charge in [-0.05, 0) is 55.5 Å². The van der Waals surface area contributed by atoms with Crippen molar-refractivity contribution in [1.82, 2.24) is 4.98 Å². The van der Waals surface area contributed by atoms with E-state index in [4.69, 9.17) is 11.6 Å². The number of amides is 1. The van der Waals surface area contributed by atoms with E-state index in [9.17, 15) is 9.18 Å². The van der Waals surface area contributed by atoms with Crippen LogP contribution in [0, 0.1) is 12.7 Å². The van der Waals surface area contributed by atoms with Gasteiger partial charge in [0.25, 0.3) is 0 Å². The van der Waals surface area contributed by atoms with Gasteiger partial charge in [-0.3, -0.25) is 4.79 Å². The van der Waals surface area contributed by atoms with E-state index in [1.165, 1.54) is 23.5 Å². The minimum absolute atomic E-state index is 0.135. The maximum absolute atomic E-state index is 13.1. The zero-order chi connectivity index (χ0) is 17.1. The topological polar surface area (TPSA) is 42.0 Å². The molecule has 6 heteroatoms. The molecule has 0 fully saturated rings. The average Bonchev–Trinajstić information content (AvgIpc) is 2.90. The standard InChI is InChI=1S/C18H14ClFN2OS/c1-11-21-18(12-2-6-14(20)7-3-12)16(24-11)10-17(23)22-15-8-4-13(19)5-9-15/h2-9H,10H2,1H3,(H,22,23). The predicted octanol–water partition coefficient (Wildman–Crippen LogP) is 5.09. The summed E-state index contributed by atoms with van der Waals surface area (Å²) in [6, 6.07) is 13.1. The Labute approximate surface area is 148 Å². The first kappa shape index (κ1) is 16.6. The van der Waals surface area contributed by atoms with Gasteiger partial charge in [-0.15, -0.1) is 11.3 Å². The molecule has 0 saturated carbocycles. The van der Waals surface area contributed by atoms with Gasteiger partial charge >= 0.3 is 0 Å². The molecule has 1 amide bonds. The second-order valence-corrected chi connectivity index (χ2v) is 6.97. The van der Waals surface area contributed by atoms with E-state index < -0.39 is 0 Å². The molecule has 3 aromatic rings. The maximum atomic E-state index is 13.1. The summed E-state index contributed by atoms with van der Waals surface area (Å²) in [7, 11) is 0. The van der Waals surface area contributed by atoms with E-state index in [2.05, 4.69) is 10.3 Å². The fourth-order valence-electron chi connectivity index (χ4n) is 2.31. The summed E-state index contributed by atoms with van der Waals surface area (Å²) in [5, 5.41) is 4.32. The van der Waals surface area contributed by atoms with Crippen molar-refractivity contribution in [3.63, 3.8) is 0 Å². The highest BCUT2D eigenvalue weighted by Gasteiger charge is 2.15. The molecule has 0 atom stereocenters. The molecule has 0 aliphatic rings. The first-order chi connectivity index (χ1) is 11.5. The van der Waals surface area contributed by atoms with Crippen molar-refractivity contribution >= 4 is 34.5 Å². The van der Waals surface area contributed by atoms with Gasteiger partial charge in [0.05, 0.1) is 17.1 Å². The lowest BCUT2D eigenvalue weighted by Crippen LogP contribution is -2.14. The quantitative estimate of drug-likeness (QED) is 0.704. The van der Waals surface area contributed by atoms with Gasteiger partial charge in [0.1, 0.15) is 5.82 Å². The zero-order valence-electron chi connectivity index (χ0n) is 12.8. The minimum Gasteiger partial charge on any atom is -0.326 e. The second-order valence-electron chi connectivity index (χ2n) is 5.24. The van der Waals surface area contributed by atoms with Crippen molar-refractivity contribution in [2.75, 3.05) is 5.32 Å². The number of carbonyl (C=O) groups excluding carboxylic acids is 1. The lowest BCUT2D eigenvalue weighted by molar-refractivity contribution is -0.115. The number of hydrogen-bond acceptors (Lipinski definition) is 3. The molecule has 1 heterocycles. The molecule has 0 unspecified atom stereocenters. The minimum atomic E-state index is -0.298. The Hall–Kier alpha value is -2.24. The molecule has 1 aromatic heterocycles. The van der Waals surface area contributed by atoms with Crippen molar-refractivity contribution in [2.24, 2.45) is 0 Å². The monoisotopic (exact) mass is 360 g/mol. The van der Waals surface area contributed by atoms with E-state index in [0.29, 0.717) is 10.7 Å². The third-order valence-electron chi connectivity index (χ3n) is 3.37. The number of nitrogens with zero attached hydrogens (tertiary/aromatic N) is 1. The van der Waals surface area contributed by atoms with Crippen LogP contribution in [0.5, 0.6) is 0 Å². The largest absolute Gasteiger partial charge is 0.326 e. The molecule has 0 radical (unpaired) electrons. The Morgan fingerprint density at radius 3 is 2.50 bits per heavy atom. The number of aromatic nitrogens is 1. The van der Waals surface area contributed by atoms with Crippen LogP contribution in [-0.4, -0.2) is 10.9 Å². The van der Waals surface area contributed by atoms with Gasteiger partial charge in [-0.25, -0.2) is 9.37 Å². The van der Waals surface area contributed by atoms with E-state index in [1.807, 2.05) is 6.92 Å². The normalized spacial score (nSPS) is 10.6. The summed E-state index contributed by atoms with van der Waals surface area (Å²) in [5.41, 5.74) is 2.22. The average molecular weight is 361 g/mol. The molecule has 0 spiro atoms. The summed E-state index contributed by atoms with van der Waals surface area (Å²) >= 11 is 7.30. The van der Waals surface area contributed by atoms with Crippen LogP contribution in [0.3, 0.4) is 0 Å². The van der Waals surface area contributed by atoms with E-state index in [-0.39, 0.29) is 18.1 Å². The van der Waals surface area contributed by atoms with Crippen LogP contribution in [0.4, 0.5) is 10.1 Å². The molecule has 0 aliphatic heterocycles. The summed E-state index contributed by atoms with van der Waals surface area (Å²) < 4.78 is 13.1. The van der Waals surface area contributed by atoms with Gasteiger partial charge in [0.2, 0.25) is 5.91 Å². The van der Waals surface area contributed by atoms with E-state index in [1.54, 1.807) is 36.4 Å². The smallest absolute Gasteiger partial charge is 0.229 e. The number of anilines is 1. The number of aryl methyl sites for hydroxylation is 1. The lowest BCUT2D eigenvalue weighted by atomic mass is 10.1. The molecule has 3 rings (SSSR count). The highest BCUT2D eigenvalue weighted by Crippen LogP contribution is 2.29. The Balaban J connectivity index is 1.78. The maximum Gasteiger partial charge on any atom is 0.229 e. The van der Waals surface area contributed by atoms with Crippen molar-refractivity contribution < 1.29 is 9.18 Å². The highest BCUT2D eigenvalue weighted by molar-refractivity contribution is 7.12. The van der Waals surface area contributed by atoms with Gasteiger partial charge in [0.15, 0.2) is 0 Å². The molecule has 0 saturated heterocycles. The predicted molar refractivity (Wildman–Crippen MR) is 96.0 cm³/mol. The van der Waals surface area contributed by atoms with Gasteiger partial charge < -0.3 is 5.32 Å². The molecule has 2 aromatic carbocycles. The van der Waals surface area contributed by atoms with Crippen molar-refractivity contribution in [3.8, 4) is 11.3 Å². The van der Waals surface area contributed by atoms with E-state index >= 15 is 0 Å². The number of halogens is 2. The third-order valence-corrected chi connectivity index (χ3v) is 4.59. The Morgan fingerprint density at radius 2 is 1.83 bits per heavy atom. The number of rotatable bonds is 4. The van der Waals surface area contributed by atoms with Crippen LogP contribution in [0.15, 0.2) is 48.5 Å². The zero-order valence-corrected chi connectivity index (χ0v) is 14.4. The number of carbonyl (C=O) groups is 1. The molecule has 24 heavy (non-hydrogen) atoms. The fraction of sp³-hybridized carbons (Fsp3) is 0.111. The van der Waals surface area contributed by atoms with Crippen LogP contribution >= 0.6 is 22.9 Å². The van der Waals surface area contributed by atoms with Crippen LogP contribution < -0.4 is 5.32 Å². The fourth-order valence-corrected chi connectivity index (χ4v) is 3.39. The summed E-state index contributed by atoms with van der Waals surface area (Å²) in [6.07, 6.45) is 0.209. The van der Waals surface area contributed by atoms with Crippen molar-refractivity contribution in [3.05, 3.63) is 69.3 Å². The second kappa shape index (κ2) is 7.11. The van der Waals surface area contributed by atoms with Crippen LogP contribution in [0.25, 0.3) is 11.3 Å². The number of thiazole rings is 1. The Bertz CT molecular complexity index is 860. The number of hydrogen-bond donors (Lipinski definition) is 1. The highest BCUT2D eigenvalue weighted by atomic mass is 35.5. The van der Waals surface area contributed by atoms with Gasteiger partial charge in [0, 0.05) is 21.2 Å². The molecule has 3 nitrogen and oxygen atoms in total.